The van der Waals surface area contributed by atoms with Gasteiger partial charge in [0.05, 0.1) is 15.5 Å². The molecule has 1 fully saturated rings. The summed E-state index contributed by atoms with van der Waals surface area (Å²) in [6, 6.07) is 3.21. The topological polar surface area (TPSA) is 43.8 Å². The molecule has 1 aliphatic carbocycles. The van der Waals surface area contributed by atoms with Crippen LogP contribution in [-0.2, 0) is 6.54 Å². The number of hydrogen-bond donors (Lipinski definition) is 1. The van der Waals surface area contributed by atoms with Crippen molar-refractivity contribution in [3.05, 3.63) is 22.4 Å². The van der Waals surface area contributed by atoms with E-state index in [4.69, 9.17) is 5.73 Å². The predicted molar refractivity (Wildman–Crippen MR) is 78.4 cm³/mol. The highest BCUT2D eigenvalue weighted by atomic mass is 79.9. The molecular weight excluding hydrogens is 309 g/mol. The summed E-state index contributed by atoms with van der Waals surface area (Å²) in [7, 11) is 0. The van der Waals surface area contributed by atoms with Crippen molar-refractivity contribution >= 4 is 32.9 Å². The zero-order valence-corrected chi connectivity index (χ0v) is 12.5. The van der Waals surface area contributed by atoms with Crippen molar-refractivity contribution in [3.8, 4) is 0 Å². The van der Waals surface area contributed by atoms with Gasteiger partial charge in [-0.25, -0.2) is 9.37 Å². The molecule has 0 saturated heterocycles. The Morgan fingerprint density at radius 3 is 2.84 bits per heavy atom. The molecular formula is C14H17BrFN3. The van der Waals surface area contributed by atoms with E-state index < -0.39 is 0 Å². The van der Waals surface area contributed by atoms with Crippen molar-refractivity contribution in [1.29, 1.82) is 0 Å². The number of halogens is 2. The van der Waals surface area contributed by atoms with Crippen LogP contribution in [0.4, 0.5) is 10.3 Å². The Hall–Kier alpha value is -1.10. The molecule has 3 nitrogen and oxygen atoms in total. The van der Waals surface area contributed by atoms with Gasteiger partial charge in [0.2, 0.25) is 5.95 Å². The summed E-state index contributed by atoms with van der Waals surface area (Å²) in [5.74, 6) is 0.182. The summed E-state index contributed by atoms with van der Waals surface area (Å²) in [5.41, 5.74) is 7.93. The Morgan fingerprint density at radius 2 is 2.21 bits per heavy atom. The van der Waals surface area contributed by atoms with Gasteiger partial charge in [-0.15, -0.1) is 0 Å². The Morgan fingerprint density at radius 1 is 1.47 bits per heavy atom. The Labute approximate surface area is 120 Å². The van der Waals surface area contributed by atoms with E-state index in [-0.39, 0.29) is 5.82 Å². The number of anilines is 1. The van der Waals surface area contributed by atoms with E-state index in [1.807, 2.05) is 4.57 Å². The summed E-state index contributed by atoms with van der Waals surface area (Å²) in [6.07, 6.45) is 4.91. The molecule has 5 heteroatoms. The second kappa shape index (κ2) is 4.47. The molecule has 1 saturated carbocycles. The van der Waals surface area contributed by atoms with Gasteiger partial charge in [0.1, 0.15) is 5.82 Å². The number of imidazole rings is 1. The van der Waals surface area contributed by atoms with E-state index in [1.54, 1.807) is 6.07 Å². The lowest BCUT2D eigenvalue weighted by Gasteiger charge is -2.16. The van der Waals surface area contributed by atoms with Gasteiger partial charge in [-0.3, -0.25) is 0 Å². The van der Waals surface area contributed by atoms with Crippen molar-refractivity contribution in [2.75, 3.05) is 5.73 Å². The molecule has 2 aromatic rings. The second-order valence-corrected chi connectivity index (χ2v) is 6.42. The number of hydrogen-bond acceptors (Lipinski definition) is 2. The van der Waals surface area contributed by atoms with Crippen LogP contribution in [0.5, 0.6) is 0 Å². The number of nitrogen functional groups attached to an aromatic ring is 1. The van der Waals surface area contributed by atoms with Gasteiger partial charge in [0, 0.05) is 12.6 Å². The minimum absolute atomic E-state index is 0.299. The molecule has 1 aliphatic rings. The molecule has 0 radical (unpaired) electrons. The zero-order chi connectivity index (χ0) is 13.6. The van der Waals surface area contributed by atoms with Gasteiger partial charge in [-0.2, -0.15) is 0 Å². The number of benzene rings is 1. The molecule has 1 aromatic carbocycles. The van der Waals surface area contributed by atoms with Gasteiger partial charge in [-0.05, 0) is 46.7 Å². The summed E-state index contributed by atoms with van der Waals surface area (Å²) in [4.78, 5) is 4.27. The molecule has 0 bridgehead atoms. The first-order valence-electron chi connectivity index (χ1n) is 6.65. The smallest absolute Gasteiger partial charge is 0.201 e. The van der Waals surface area contributed by atoms with Crippen LogP contribution in [0.1, 0.15) is 32.6 Å². The molecule has 102 valence electrons. The standard InChI is InChI=1S/C14H17BrFN3/c1-2-3-14(4-5-14)8-19-12-6-9(15)10(16)7-11(12)18-13(19)17/h6-7H,2-5,8H2,1H3,(H2,17,18). The lowest BCUT2D eigenvalue weighted by Crippen LogP contribution is -2.13. The molecule has 0 atom stereocenters. The van der Waals surface area contributed by atoms with Gasteiger partial charge in [-0.1, -0.05) is 13.3 Å². The zero-order valence-electron chi connectivity index (χ0n) is 10.9. The number of nitrogens with zero attached hydrogens (tertiary/aromatic N) is 2. The molecule has 1 aromatic heterocycles. The van der Waals surface area contributed by atoms with Crippen molar-refractivity contribution < 1.29 is 4.39 Å². The summed E-state index contributed by atoms with van der Waals surface area (Å²) in [6.45, 7) is 3.10. The summed E-state index contributed by atoms with van der Waals surface area (Å²) >= 11 is 3.23. The lowest BCUT2D eigenvalue weighted by atomic mass is 10.0. The van der Waals surface area contributed by atoms with Crippen LogP contribution in [0, 0.1) is 11.2 Å². The summed E-state index contributed by atoms with van der Waals surface area (Å²) in [5, 5.41) is 0. The monoisotopic (exact) mass is 325 g/mol. The SMILES string of the molecule is CCCC1(Cn2c(N)nc3cc(F)c(Br)cc32)CC1. The highest BCUT2D eigenvalue weighted by Gasteiger charge is 2.42. The maximum atomic E-state index is 13.5. The third-order valence-corrected chi connectivity index (χ3v) is 4.66. The van der Waals surface area contributed by atoms with Crippen LogP contribution in [0.2, 0.25) is 0 Å². The highest BCUT2D eigenvalue weighted by molar-refractivity contribution is 9.10. The van der Waals surface area contributed by atoms with E-state index in [0.717, 1.165) is 12.1 Å². The first kappa shape index (κ1) is 12.9. The van der Waals surface area contributed by atoms with E-state index in [9.17, 15) is 4.39 Å². The molecule has 3 rings (SSSR count). The number of rotatable bonds is 4. The van der Waals surface area contributed by atoms with Gasteiger partial charge in [0.15, 0.2) is 0 Å². The maximum absolute atomic E-state index is 13.5. The first-order valence-corrected chi connectivity index (χ1v) is 7.45. The van der Waals surface area contributed by atoms with E-state index in [2.05, 4.69) is 27.8 Å². The third-order valence-electron chi connectivity index (χ3n) is 4.05. The van der Waals surface area contributed by atoms with Gasteiger partial charge >= 0.3 is 0 Å². The summed E-state index contributed by atoms with van der Waals surface area (Å²) < 4.78 is 16.0. The fourth-order valence-corrected chi connectivity index (χ4v) is 3.17. The van der Waals surface area contributed by atoms with Crippen LogP contribution in [-0.4, -0.2) is 9.55 Å². The van der Waals surface area contributed by atoms with Crippen LogP contribution in [0.25, 0.3) is 11.0 Å². The lowest BCUT2D eigenvalue weighted by molar-refractivity contribution is 0.396. The van der Waals surface area contributed by atoms with Crippen molar-refractivity contribution in [3.63, 3.8) is 0 Å². The van der Waals surface area contributed by atoms with Crippen LogP contribution in [0.3, 0.4) is 0 Å². The Bertz CT molecular complexity index is 631. The highest BCUT2D eigenvalue weighted by Crippen LogP contribution is 2.51. The number of aromatic nitrogens is 2. The normalized spacial score (nSPS) is 17.0. The molecule has 2 N–H and O–H groups in total. The fourth-order valence-electron chi connectivity index (χ4n) is 2.83. The minimum atomic E-state index is -0.299. The van der Waals surface area contributed by atoms with Crippen LogP contribution in [0.15, 0.2) is 16.6 Å². The molecule has 19 heavy (non-hydrogen) atoms. The Balaban J connectivity index is 2.03. The third kappa shape index (κ3) is 2.24. The van der Waals surface area contributed by atoms with Crippen LogP contribution < -0.4 is 5.73 Å². The largest absolute Gasteiger partial charge is 0.369 e. The number of fused-ring (bicyclic) bond motifs is 1. The van der Waals surface area contributed by atoms with Crippen LogP contribution >= 0.6 is 15.9 Å². The maximum Gasteiger partial charge on any atom is 0.201 e. The molecule has 0 amide bonds. The quantitative estimate of drug-likeness (QED) is 0.919. The molecule has 0 aliphatic heterocycles. The molecule has 0 unspecified atom stereocenters. The average molecular weight is 326 g/mol. The average Bonchev–Trinajstić information content (AvgIpc) is 3.05. The number of nitrogens with two attached hydrogens (primary N) is 1. The molecule has 1 heterocycles. The van der Waals surface area contributed by atoms with Gasteiger partial charge in [0.25, 0.3) is 0 Å². The van der Waals surface area contributed by atoms with E-state index >= 15 is 0 Å². The van der Waals surface area contributed by atoms with E-state index in [1.165, 1.54) is 31.7 Å². The second-order valence-electron chi connectivity index (χ2n) is 5.56. The molecule has 0 spiro atoms. The van der Waals surface area contributed by atoms with Crippen molar-refractivity contribution in [1.82, 2.24) is 9.55 Å². The van der Waals surface area contributed by atoms with E-state index in [0.29, 0.717) is 21.4 Å². The minimum Gasteiger partial charge on any atom is -0.369 e. The van der Waals surface area contributed by atoms with Crippen molar-refractivity contribution in [2.24, 2.45) is 5.41 Å². The Kier molecular flexibility index (Phi) is 3.04. The van der Waals surface area contributed by atoms with Gasteiger partial charge < -0.3 is 10.3 Å². The van der Waals surface area contributed by atoms with Crippen molar-refractivity contribution in [2.45, 2.75) is 39.2 Å². The first-order chi connectivity index (χ1) is 9.04. The predicted octanol–water partition coefficient (Wildman–Crippen LogP) is 4.10. The fraction of sp³-hybridized carbons (Fsp3) is 0.500.